The van der Waals surface area contributed by atoms with Gasteiger partial charge >= 0.3 is 0 Å². The number of aryl methyl sites for hydroxylation is 2. The smallest absolute Gasteiger partial charge is 0.127 e. The first-order chi connectivity index (χ1) is 15.5. The van der Waals surface area contributed by atoms with Gasteiger partial charge in [0.25, 0.3) is 0 Å². The van der Waals surface area contributed by atoms with E-state index in [0.717, 1.165) is 33.6 Å². The fourth-order valence-corrected chi connectivity index (χ4v) is 3.34. The Morgan fingerprint density at radius 2 is 0.909 bits per heavy atom. The molecular formula is C28H24N2NiO2. The van der Waals surface area contributed by atoms with E-state index in [1.807, 2.05) is 98.8 Å². The number of hydrogen-bond donors (Lipinski definition) is 2. The summed E-state index contributed by atoms with van der Waals surface area (Å²) in [4.78, 5) is 8.94. The van der Waals surface area contributed by atoms with Crippen LogP contribution in [0.15, 0.2) is 94.9 Å². The minimum Gasteiger partial charge on any atom is -0.507 e. The van der Waals surface area contributed by atoms with Crippen molar-refractivity contribution in [3.05, 3.63) is 107 Å². The molecule has 4 rings (SSSR count). The van der Waals surface area contributed by atoms with Crippen LogP contribution < -0.4 is 0 Å². The molecule has 0 bridgehead atoms. The Morgan fingerprint density at radius 1 is 0.545 bits per heavy atom. The molecule has 0 unspecified atom stereocenters. The van der Waals surface area contributed by atoms with Gasteiger partial charge in [-0.2, -0.15) is 0 Å². The quantitative estimate of drug-likeness (QED) is 0.242. The van der Waals surface area contributed by atoms with Crippen LogP contribution in [0.25, 0.3) is 11.1 Å². The molecule has 0 aromatic heterocycles. The third-order valence-corrected chi connectivity index (χ3v) is 5.31. The molecule has 0 saturated heterocycles. The van der Waals surface area contributed by atoms with Crippen molar-refractivity contribution in [2.24, 2.45) is 9.98 Å². The molecule has 0 amide bonds. The number of rotatable bonds is 5. The molecule has 0 aliphatic rings. The SMILES string of the molecule is Cc1cccc(C=Nc2ccc(-c3ccc(N=Cc4cccc(C)c4O)cc3)cc2)c1O.[Ni]. The molecule has 0 radical (unpaired) electrons. The summed E-state index contributed by atoms with van der Waals surface area (Å²) in [6.45, 7) is 3.73. The molecule has 33 heavy (non-hydrogen) atoms. The first-order valence-corrected chi connectivity index (χ1v) is 10.4. The van der Waals surface area contributed by atoms with Gasteiger partial charge in [-0.1, -0.05) is 48.5 Å². The van der Waals surface area contributed by atoms with Crippen LogP contribution in [-0.4, -0.2) is 22.6 Å². The summed E-state index contributed by atoms with van der Waals surface area (Å²) < 4.78 is 0. The van der Waals surface area contributed by atoms with Crippen molar-refractivity contribution >= 4 is 23.8 Å². The van der Waals surface area contributed by atoms with Gasteiger partial charge in [0.1, 0.15) is 11.5 Å². The van der Waals surface area contributed by atoms with E-state index >= 15 is 0 Å². The second kappa shape index (κ2) is 10.8. The molecule has 5 heteroatoms. The number of para-hydroxylation sites is 2. The second-order valence-electron chi connectivity index (χ2n) is 7.64. The van der Waals surface area contributed by atoms with E-state index in [-0.39, 0.29) is 28.0 Å². The molecule has 2 N–H and O–H groups in total. The molecule has 0 fully saturated rings. The maximum atomic E-state index is 10.1. The minimum absolute atomic E-state index is 0. The standard InChI is InChI=1S/C28H24N2O2.Ni/c1-19-5-3-7-23(27(19)31)17-29-25-13-9-21(10-14-25)22-11-15-26(16-12-22)30-18-24-8-4-6-20(2)28(24)32;/h3-18,31-32H,1-2H3;. The summed E-state index contributed by atoms with van der Waals surface area (Å²) in [5.41, 5.74) is 6.83. The zero-order valence-electron chi connectivity index (χ0n) is 18.3. The van der Waals surface area contributed by atoms with Gasteiger partial charge in [0.05, 0.1) is 11.4 Å². The molecule has 168 valence electrons. The number of phenolic OH excluding ortho intramolecular Hbond substituents is 2. The van der Waals surface area contributed by atoms with Crippen LogP contribution in [0.5, 0.6) is 11.5 Å². The van der Waals surface area contributed by atoms with Crippen LogP contribution >= 0.6 is 0 Å². The Labute approximate surface area is 203 Å². The van der Waals surface area contributed by atoms with Crippen LogP contribution in [-0.2, 0) is 16.5 Å². The molecular weight excluding hydrogens is 455 g/mol. The van der Waals surface area contributed by atoms with E-state index < -0.39 is 0 Å². The van der Waals surface area contributed by atoms with Crippen molar-refractivity contribution in [3.63, 3.8) is 0 Å². The molecule has 4 nitrogen and oxygen atoms in total. The van der Waals surface area contributed by atoms with Gasteiger partial charge in [-0.05, 0) is 72.5 Å². The van der Waals surface area contributed by atoms with Gasteiger partial charge in [-0.15, -0.1) is 0 Å². The maximum Gasteiger partial charge on any atom is 0.127 e. The van der Waals surface area contributed by atoms with Crippen molar-refractivity contribution in [2.45, 2.75) is 13.8 Å². The van der Waals surface area contributed by atoms with Crippen LogP contribution in [0, 0.1) is 13.8 Å². The summed E-state index contributed by atoms with van der Waals surface area (Å²) >= 11 is 0. The molecule has 4 aromatic rings. The summed E-state index contributed by atoms with van der Waals surface area (Å²) in [5, 5.41) is 20.2. The van der Waals surface area contributed by atoms with Gasteiger partial charge in [-0.25, -0.2) is 0 Å². The number of benzene rings is 4. The van der Waals surface area contributed by atoms with Gasteiger partial charge in [0.15, 0.2) is 0 Å². The van der Waals surface area contributed by atoms with Crippen molar-refractivity contribution in [1.82, 2.24) is 0 Å². The predicted octanol–water partition coefficient (Wildman–Crippen LogP) is 6.88. The third-order valence-electron chi connectivity index (χ3n) is 5.31. The molecule has 0 spiro atoms. The van der Waals surface area contributed by atoms with Crippen molar-refractivity contribution in [1.29, 1.82) is 0 Å². The van der Waals surface area contributed by atoms with Gasteiger partial charge in [-0.3, -0.25) is 9.98 Å². The number of hydrogen-bond acceptors (Lipinski definition) is 4. The summed E-state index contributed by atoms with van der Waals surface area (Å²) in [7, 11) is 0. The predicted molar refractivity (Wildman–Crippen MR) is 132 cm³/mol. The van der Waals surface area contributed by atoms with E-state index in [9.17, 15) is 10.2 Å². The number of aromatic hydroxyl groups is 2. The third kappa shape index (κ3) is 5.77. The topological polar surface area (TPSA) is 65.2 Å². The first-order valence-electron chi connectivity index (χ1n) is 10.4. The molecule has 0 heterocycles. The molecule has 0 aliphatic heterocycles. The van der Waals surface area contributed by atoms with Crippen molar-refractivity contribution < 1.29 is 26.7 Å². The summed E-state index contributed by atoms with van der Waals surface area (Å²) in [5.74, 6) is 0.515. The zero-order valence-corrected chi connectivity index (χ0v) is 19.3. The second-order valence-corrected chi connectivity index (χ2v) is 7.64. The maximum absolute atomic E-state index is 10.1. The van der Waals surface area contributed by atoms with E-state index in [2.05, 4.69) is 9.98 Å². The Kier molecular flexibility index (Phi) is 7.81. The van der Waals surface area contributed by atoms with E-state index in [0.29, 0.717) is 11.1 Å². The first kappa shape index (κ1) is 24.0. The van der Waals surface area contributed by atoms with Gasteiger partial charge < -0.3 is 10.2 Å². The van der Waals surface area contributed by atoms with Crippen LogP contribution in [0.3, 0.4) is 0 Å². The van der Waals surface area contributed by atoms with Gasteiger partial charge in [0, 0.05) is 40.0 Å². The molecule has 0 aliphatic carbocycles. The van der Waals surface area contributed by atoms with Gasteiger partial charge in [0.2, 0.25) is 0 Å². The van der Waals surface area contributed by atoms with Crippen molar-refractivity contribution in [3.8, 4) is 22.6 Å². The Balaban J connectivity index is 0.00000306. The Hall–Kier alpha value is -3.69. The zero-order chi connectivity index (χ0) is 22.5. The summed E-state index contributed by atoms with van der Waals surface area (Å²) in [6, 6.07) is 27.1. The fourth-order valence-electron chi connectivity index (χ4n) is 3.34. The van der Waals surface area contributed by atoms with E-state index in [1.54, 1.807) is 12.4 Å². The normalized spacial score (nSPS) is 11.1. The number of nitrogens with zero attached hydrogens (tertiary/aromatic N) is 2. The fraction of sp³-hybridized carbons (Fsp3) is 0.0714. The minimum atomic E-state index is 0. The number of aliphatic imine (C=N–C) groups is 2. The Bertz CT molecular complexity index is 1190. The monoisotopic (exact) mass is 478 g/mol. The van der Waals surface area contributed by atoms with Crippen LogP contribution in [0.2, 0.25) is 0 Å². The Morgan fingerprint density at radius 3 is 1.27 bits per heavy atom. The molecule has 0 atom stereocenters. The van der Waals surface area contributed by atoms with Crippen molar-refractivity contribution in [2.75, 3.05) is 0 Å². The van der Waals surface area contributed by atoms with E-state index in [4.69, 9.17) is 0 Å². The summed E-state index contributed by atoms with van der Waals surface area (Å²) in [6.07, 6.45) is 3.35. The van der Waals surface area contributed by atoms with Crippen LogP contribution in [0.4, 0.5) is 11.4 Å². The largest absolute Gasteiger partial charge is 0.507 e. The molecule has 0 saturated carbocycles. The molecule has 4 aromatic carbocycles. The average Bonchev–Trinajstić information content (AvgIpc) is 2.82. The number of phenols is 2. The van der Waals surface area contributed by atoms with Crippen LogP contribution in [0.1, 0.15) is 22.3 Å². The average molecular weight is 479 g/mol. The van der Waals surface area contributed by atoms with E-state index in [1.165, 1.54) is 0 Å².